The predicted octanol–water partition coefficient (Wildman–Crippen LogP) is 0.187. The summed E-state index contributed by atoms with van der Waals surface area (Å²) in [6, 6.07) is 7.82. The molecule has 1 aliphatic heterocycles. The Balaban J connectivity index is 2.18. The Morgan fingerprint density at radius 1 is 1.43 bits per heavy atom. The maximum absolute atomic E-state index is 8.71. The zero-order valence-electron chi connectivity index (χ0n) is 7.83. The lowest BCUT2D eigenvalue weighted by atomic mass is 10.1. The fourth-order valence-corrected chi connectivity index (χ4v) is 1.57. The second-order valence-corrected chi connectivity index (χ2v) is 3.27. The van der Waals surface area contributed by atoms with E-state index in [1.165, 1.54) is 0 Å². The van der Waals surface area contributed by atoms with E-state index >= 15 is 0 Å². The van der Waals surface area contributed by atoms with Gasteiger partial charge in [-0.05, 0) is 12.1 Å². The second-order valence-electron chi connectivity index (χ2n) is 3.27. The molecule has 1 saturated heterocycles. The predicted molar refractivity (Wildman–Crippen MR) is 52.6 cm³/mol. The molecule has 1 atom stereocenters. The van der Waals surface area contributed by atoms with Crippen molar-refractivity contribution in [1.29, 1.82) is 5.26 Å². The van der Waals surface area contributed by atoms with Crippen LogP contribution in [0.2, 0.25) is 0 Å². The third kappa shape index (κ3) is 1.90. The number of hydrogen-bond acceptors (Lipinski definition) is 4. The van der Waals surface area contributed by atoms with Crippen LogP contribution in [-0.4, -0.2) is 24.6 Å². The quantitative estimate of drug-likeness (QED) is 0.660. The van der Waals surface area contributed by atoms with Crippen molar-refractivity contribution < 1.29 is 0 Å². The highest BCUT2D eigenvalue weighted by atomic mass is 15.1. The van der Waals surface area contributed by atoms with Crippen LogP contribution in [-0.2, 0) is 0 Å². The minimum Gasteiger partial charge on any atom is -0.314 e. The summed E-state index contributed by atoms with van der Waals surface area (Å²) in [7, 11) is 0. The van der Waals surface area contributed by atoms with Crippen LogP contribution >= 0.6 is 0 Å². The number of aromatic nitrogens is 1. The van der Waals surface area contributed by atoms with E-state index in [1.54, 1.807) is 6.07 Å². The third-order valence-corrected chi connectivity index (χ3v) is 2.28. The molecule has 0 aromatic carbocycles. The summed E-state index contributed by atoms with van der Waals surface area (Å²) in [6.07, 6.45) is 0. The topological polar surface area (TPSA) is 60.7 Å². The molecule has 0 saturated carbocycles. The molecule has 1 aromatic heterocycles. The number of nitrogens with zero attached hydrogens (tertiary/aromatic N) is 2. The van der Waals surface area contributed by atoms with Gasteiger partial charge >= 0.3 is 0 Å². The largest absolute Gasteiger partial charge is 0.314 e. The normalized spacial score (nSPS) is 21.5. The Morgan fingerprint density at radius 3 is 3.07 bits per heavy atom. The van der Waals surface area contributed by atoms with Crippen molar-refractivity contribution in [2.24, 2.45) is 0 Å². The van der Waals surface area contributed by atoms with Gasteiger partial charge < -0.3 is 10.6 Å². The molecule has 0 radical (unpaired) electrons. The molecule has 72 valence electrons. The third-order valence-electron chi connectivity index (χ3n) is 2.28. The number of nitriles is 1. The fraction of sp³-hybridized carbons (Fsp3) is 0.400. The summed E-state index contributed by atoms with van der Waals surface area (Å²) < 4.78 is 0. The van der Waals surface area contributed by atoms with E-state index < -0.39 is 0 Å². The van der Waals surface area contributed by atoms with E-state index in [4.69, 9.17) is 5.26 Å². The number of nitrogens with one attached hydrogen (secondary N) is 2. The van der Waals surface area contributed by atoms with Crippen LogP contribution in [0.3, 0.4) is 0 Å². The summed E-state index contributed by atoms with van der Waals surface area (Å²) in [5.41, 5.74) is 1.42. The van der Waals surface area contributed by atoms with Gasteiger partial charge in [-0.25, -0.2) is 4.98 Å². The van der Waals surface area contributed by atoms with E-state index in [-0.39, 0.29) is 6.04 Å². The molecular weight excluding hydrogens is 176 g/mol. The van der Waals surface area contributed by atoms with Gasteiger partial charge in [0, 0.05) is 19.6 Å². The zero-order chi connectivity index (χ0) is 9.80. The van der Waals surface area contributed by atoms with Crippen LogP contribution in [0.15, 0.2) is 18.2 Å². The van der Waals surface area contributed by atoms with Crippen LogP contribution in [0.4, 0.5) is 0 Å². The minimum absolute atomic E-state index is 0.233. The van der Waals surface area contributed by atoms with E-state index in [1.807, 2.05) is 18.2 Å². The average Bonchev–Trinajstić information content (AvgIpc) is 2.30. The first-order valence-corrected chi connectivity index (χ1v) is 4.71. The van der Waals surface area contributed by atoms with Crippen molar-refractivity contribution in [3.05, 3.63) is 29.6 Å². The first-order chi connectivity index (χ1) is 6.90. The highest BCUT2D eigenvalue weighted by Crippen LogP contribution is 2.10. The van der Waals surface area contributed by atoms with E-state index in [0.29, 0.717) is 5.69 Å². The Morgan fingerprint density at radius 2 is 2.36 bits per heavy atom. The molecule has 0 spiro atoms. The summed E-state index contributed by atoms with van der Waals surface area (Å²) in [5, 5.41) is 15.3. The zero-order valence-corrected chi connectivity index (χ0v) is 7.83. The molecule has 2 rings (SSSR count). The second kappa shape index (κ2) is 4.18. The van der Waals surface area contributed by atoms with E-state index in [9.17, 15) is 0 Å². The van der Waals surface area contributed by atoms with Gasteiger partial charge in [0.2, 0.25) is 0 Å². The monoisotopic (exact) mass is 188 g/mol. The molecule has 2 N–H and O–H groups in total. The highest BCUT2D eigenvalue weighted by molar-refractivity contribution is 5.23. The first kappa shape index (κ1) is 9.13. The average molecular weight is 188 g/mol. The molecule has 0 amide bonds. The molecule has 1 fully saturated rings. The molecule has 4 heteroatoms. The summed E-state index contributed by atoms with van der Waals surface area (Å²) in [4.78, 5) is 4.25. The van der Waals surface area contributed by atoms with Crippen molar-refractivity contribution in [2.75, 3.05) is 19.6 Å². The lowest BCUT2D eigenvalue weighted by Gasteiger charge is -2.23. The molecule has 0 unspecified atom stereocenters. The Hall–Kier alpha value is -1.44. The van der Waals surface area contributed by atoms with Gasteiger partial charge in [-0.15, -0.1) is 0 Å². The number of rotatable bonds is 1. The van der Waals surface area contributed by atoms with Crippen LogP contribution in [0.1, 0.15) is 17.4 Å². The van der Waals surface area contributed by atoms with Crippen LogP contribution < -0.4 is 10.6 Å². The van der Waals surface area contributed by atoms with Gasteiger partial charge in [-0.3, -0.25) is 0 Å². The van der Waals surface area contributed by atoms with Crippen LogP contribution in [0.25, 0.3) is 0 Å². The van der Waals surface area contributed by atoms with Gasteiger partial charge in [-0.1, -0.05) is 6.07 Å². The molecular formula is C10H12N4. The number of piperazine rings is 1. The molecule has 2 heterocycles. The Bertz CT molecular complexity index is 349. The Labute approximate surface area is 83.0 Å². The van der Waals surface area contributed by atoms with Crippen molar-refractivity contribution in [3.63, 3.8) is 0 Å². The molecule has 0 aliphatic carbocycles. The number of pyridine rings is 1. The maximum Gasteiger partial charge on any atom is 0.140 e. The van der Waals surface area contributed by atoms with E-state index in [0.717, 1.165) is 25.3 Å². The van der Waals surface area contributed by atoms with Gasteiger partial charge in [0.05, 0.1) is 11.7 Å². The van der Waals surface area contributed by atoms with Crippen LogP contribution in [0, 0.1) is 11.3 Å². The Kier molecular flexibility index (Phi) is 2.73. The number of hydrogen-bond donors (Lipinski definition) is 2. The molecule has 14 heavy (non-hydrogen) atoms. The minimum atomic E-state index is 0.233. The standard InChI is InChI=1S/C10H12N4/c11-6-8-2-1-3-9(14-8)10-7-12-4-5-13-10/h1-3,10,12-13H,4-5,7H2/t10-/m0/s1. The maximum atomic E-state index is 8.71. The highest BCUT2D eigenvalue weighted by Gasteiger charge is 2.15. The summed E-state index contributed by atoms with van der Waals surface area (Å²) in [5.74, 6) is 0. The van der Waals surface area contributed by atoms with Crippen molar-refractivity contribution in [2.45, 2.75) is 6.04 Å². The summed E-state index contributed by atoms with van der Waals surface area (Å²) in [6.45, 7) is 2.82. The molecule has 0 bridgehead atoms. The van der Waals surface area contributed by atoms with Crippen molar-refractivity contribution in [3.8, 4) is 6.07 Å². The van der Waals surface area contributed by atoms with Crippen LogP contribution in [0.5, 0.6) is 0 Å². The molecule has 4 nitrogen and oxygen atoms in total. The lowest BCUT2D eigenvalue weighted by molar-refractivity contribution is 0.423. The smallest absolute Gasteiger partial charge is 0.140 e. The van der Waals surface area contributed by atoms with Crippen molar-refractivity contribution >= 4 is 0 Å². The lowest BCUT2D eigenvalue weighted by Crippen LogP contribution is -2.43. The van der Waals surface area contributed by atoms with Crippen molar-refractivity contribution in [1.82, 2.24) is 15.6 Å². The SMILES string of the molecule is N#Cc1cccc([C@@H]2CNCCN2)n1. The molecule has 1 aliphatic rings. The summed E-state index contributed by atoms with van der Waals surface area (Å²) >= 11 is 0. The van der Waals surface area contributed by atoms with Gasteiger partial charge in [-0.2, -0.15) is 5.26 Å². The molecule has 1 aromatic rings. The van der Waals surface area contributed by atoms with Gasteiger partial charge in [0.15, 0.2) is 0 Å². The first-order valence-electron chi connectivity index (χ1n) is 4.71. The van der Waals surface area contributed by atoms with Gasteiger partial charge in [0.1, 0.15) is 11.8 Å². The fourth-order valence-electron chi connectivity index (χ4n) is 1.57. The van der Waals surface area contributed by atoms with E-state index in [2.05, 4.69) is 15.6 Å². The van der Waals surface area contributed by atoms with Gasteiger partial charge in [0.25, 0.3) is 0 Å².